The van der Waals surface area contributed by atoms with Crippen LogP contribution in [0.2, 0.25) is 0 Å². The number of carbonyl (C=O) groups is 1. The second kappa shape index (κ2) is 7.57. The predicted octanol–water partition coefficient (Wildman–Crippen LogP) is 1.88. The summed E-state index contributed by atoms with van der Waals surface area (Å²) in [5.74, 6) is 0.147. The van der Waals surface area contributed by atoms with Crippen LogP contribution in [0.1, 0.15) is 32.3 Å². The maximum Gasteiger partial charge on any atom is 0.237 e. The molecule has 116 valence electrons. The van der Waals surface area contributed by atoms with Gasteiger partial charge in [-0.3, -0.25) is 9.69 Å². The average Bonchev–Trinajstić information content (AvgIpc) is 2.92. The number of nitrogens with zero attached hydrogens (tertiary/aromatic N) is 2. The molecule has 1 atom stereocenters. The van der Waals surface area contributed by atoms with Gasteiger partial charge in [-0.2, -0.15) is 0 Å². The average molecular weight is 290 g/mol. The van der Waals surface area contributed by atoms with Crippen molar-refractivity contribution in [2.75, 3.05) is 19.7 Å². The normalized spacial score (nSPS) is 19.1. The third kappa shape index (κ3) is 4.29. The molecule has 0 radical (unpaired) electrons. The number of benzene rings is 1. The number of carbonyl (C=O) groups excluding carboxylic acids is 1. The van der Waals surface area contributed by atoms with Crippen molar-refractivity contribution in [3.63, 3.8) is 0 Å². The van der Waals surface area contributed by atoms with E-state index in [0.29, 0.717) is 13.1 Å². The van der Waals surface area contributed by atoms with E-state index in [9.17, 15) is 9.90 Å². The Balaban J connectivity index is 1.99. The van der Waals surface area contributed by atoms with Gasteiger partial charge in [0.2, 0.25) is 5.91 Å². The SMILES string of the molecule is CC(C)N(Cc1ccccc1)C(=O)CN1CCC[C@@H]1CO. The Kier molecular flexibility index (Phi) is 5.76. The fraction of sp³-hybridized carbons (Fsp3) is 0.588. The molecule has 1 saturated heterocycles. The van der Waals surface area contributed by atoms with Crippen molar-refractivity contribution in [3.8, 4) is 0 Å². The van der Waals surface area contributed by atoms with Crippen molar-refractivity contribution in [1.82, 2.24) is 9.80 Å². The van der Waals surface area contributed by atoms with Gasteiger partial charge < -0.3 is 10.0 Å². The molecule has 0 bridgehead atoms. The monoisotopic (exact) mass is 290 g/mol. The van der Waals surface area contributed by atoms with Crippen LogP contribution in [0.4, 0.5) is 0 Å². The summed E-state index contributed by atoms with van der Waals surface area (Å²) in [6.45, 7) is 6.22. The summed E-state index contributed by atoms with van der Waals surface area (Å²) >= 11 is 0. The Hall–Kier alpha value is -1.39. The number of hydrogen-bond acceptors (Lipinski definition) is 3. The van der Waals surface area contributed by atoms with Crippen LogP contribution < -0.4 is 0 Å². The molecule has 1 heterocycles. The van der Waals surface area contributed by atoms with Gasteiger partial charge in [-0.15, -0.1) is 0 Å². The van der Waals surface area contributed by atoms with E-state index in [4.69, 9.17) is 0 Å². The predicted molar refractivity (Wildman–Crippen MR) is 83.8 cm³/mol. The van der Waals surface area contributed by atoms with Gasteiger partial charge in [0.15, 0.2) is 0 Å². The number of hydrogen-bond donors (Lipinski definition) is 1. The molecule has 0 aromatic heterocycles. The Morgan fingerprint density at radius 1 is 1.38 bits per heavy atom. The van der Waals surface area contributed by atoms with E-state index in [2.05, 4.69) is 17.0 Å². The van der Waals surface area contributed by atoms with Gasteiger partial charge in [0, 0.05) is 18.6 Å². The number of aliphatic hydroxyl groups excluding tert-OH is 1. The molecule has 4 heteroatoms. The maximum atomic E-state index is 12.6. The fourth-order valence-electron chi connectivity index (χ4n) is 2.91. The van der Waals surface area contributed by atoms with Crippen LogP contribution in [0.15, 0.2) is 30.3 Å². The Morgan fingerprint density at radius 3 is 2.71 bits per heavy atom. The molecule has 1 aromatic rings. The quantitative estimate of drug-likeness (QED) is 0.870. The van der Waals surface area contributed by atoms with E-state index in [-0.39, 0.29) is 24.6 Å². The first-order chi connectivity index (χ1) is 10.1. The van der Waals surface area contributed by atoms with E-state index in [0.717, 1.165) is 24.9 Å². The van der Waals surface area contributed by atoms with E-state index < -0.39 is 0 Å². The Bertz CT molecular complexity index is 447. The molecule has 4 nitrogen and oxygen atoms in total. The first kappa shape index (κ1) is 16.0. The van der Waals surface area contributed by atoms with Crippen LogP contribution in [-0.4, -0.2) is 52.6 Å². The summed E-state index contributed by atoms with van der Waals surface area (Å²) < 4.78 is 0. The van der Waals surface area contributed by atoms with Gasteiger partial charge in [0.1, 0.15) is 0 Å². The zero-order valence-electron chi connectivity index (χ0n) is 13.0. The van der Waals surface area contributed by atoms with Crippen LogP contribution >= 0.6 is 0 Å². The smallest absolute Gasteiger partial charge is 0.237 e. The number of rotatable bonds is 6. The summed E-state index contributed by atoms with van der Waals surface area (Å²) in [6.07, 6.45) is 2.06. The van der Waals surface area contributed by atoms with Crippen molar-refractivity contribution in [1.29, 1.82) is 0 Å². The molecule has 1 amide bonds. The van der Waals surface area contributed by atoms with Crippen LogP contribution in [0.5, 0.6) is 0 Å². The van der Waals surface area contributed by atoms with E-state index in [1.54, 1.807) is 0 Å². The van der Waals surface area contributed by atoms with Crippen molar-refractivity contribution >= 4 is 5.91 Å². The Morgan fingerprint density at radius 2 is 2.10 bits per heavy atom. The molecule has 0 aliphatic carbocycles. The summed E-state index contributed by atoms with van der Waals surface area (Å²) in [7, 11) is 0. The van der Waals surface area contributed by atoms with Crippen molar-refractivity contribution in [2.24, 2.45) is 0 Å². The minimum Gasteiger partial charge on any atom is -0.395 e. The molecule has 1 N–H and O–H groups in total. The molecule has 1 aliphatic heterocycles. The van der Waals surface area contributed by atoms with Crippen LogP contribution in [-0.2, 0) is 11.3 Å². The topological polar surface area (TPSA) is 43.8 Å². The first-order valence-electron chi connectivity index (χ1n) is 7.80. The summed E-state index contributed by atoms with van der Waals surface area (Å²) in [5.41, 5.74) is 1.15. The van der Waals surface area contributed by atoms with Crippen molar-refractivity contribution in [3.05, 3.63) is 35.9 Å². The second-order valence-electron chi connectivity index (χ2n) is 6.05. The first-order valence-corrected chi connectivity index (χ1v) is 7.80. The zero-order chi connectivity index (χ0) is 15.2. The standard InChI is InChI=1S/C17H26N2O2/c1-14(2)19(11-15-7-4-3-5-8-15)17(21)12-18-10-6-9-16(18)13-20/h3-5,7-8,14,16,20H,6,9-13H2,1-2H3/t16-/m1/s1. The highest BCUT2D eigenvalue weighted by atomic mass is 16.3. The molecular weight excluding hydrogens is 264 g/mol. The Labute approximate surface area is 127 Å². The lowest BCUT2D eigenvalue weighted by molar-refractivity contribution is -0.135. The van der Waals surface area contributed by atoms with Crippen LogP contribution in [0, 0.1) is 0 Å². The van der Waals surface area contributed by atoms with Crippen LogP contribution in [0.3, 0.4) is 0 Å². The number of amides is 1. The highest BCUT2D eigenvalue weighted by molar-refractivity contribution is 5.78. The molecule has 1 aliphatic rings. The molecular formula is C17H26N2O2. The largest absolute Gasteiger partial charge is 0.395 e. The highest BCUT2D eigenvalue weighted by Crippen LogP contribution is 2.17. The summed E-state index contributed by atoms with van der Waals surface area (Å²) in [4.78, 5) is 16.6. The van der Waals surface area contributed by atoms with E-state index in [1.165, 1.54) is 0 Å². The molecule has 1 fully saturated rings. The third-order valence-corrected chi connectivity index (χ3v) is 4.19. The molecule has 0 unspecified atom stereocenters. The summed E-state index contributed by atoms with van der Waals surface area (Å²) in [5, 5.41) is 9.37. The fourth-order valence-corrected chi connectivity index (χ4v) is 2.91. The van der Waals surface area contributed by atoms with E-state index in [1.807, 2.05) is 36.9 Å². The third-order valence-electron chi connectivity index (χ3n) is 4.19. The van der Waals surface area contributed by atoms with Gasteiger partial charge in [-0.1, -0.05) is 30.3 Å². The van der Waals surface area contributed by atoms with Gasteiger partial charge in [0.25, 0.3) is 0 Å². The number of aliphatic hydroxyl groups is 1. The lowest BCUT2D eigenvalue weighted by atomic mass is 10.2. The van der Waals surface area contributed by atoms with Crippen molar-refractivity contribution < 1.29 is 9.90 Å². The van der Waals surface area contributed by atoms with Gasteiger partial charge in [-0.05, 0) is 38.8 Å². The molecule has 21 heavy (non-hydrogen) atoms. The molecule has 0 spiro atoms. The minimum absolute atomic E-state index is 0.146. The highest BCUT2D eigenvalue weighted by Gasteiger charge is 2.28. The minimum atomic E-state index is 0.146. The number of likely N-dealkylation sites (tertiary alicyclic amines) is 1. The van der Waals surface area contributed by atoms with Gasteiger partial charge in [0.05, 0.1) is 13.2 Å². The van der Waals surface area contributed by atoms with Gasteiger partial charge >= 0.3 is 0 Å². The lowest BCUT2D eigenvalue weighted by Crippen LogP contribution is -2.45. The van der Waals surface area contributed by atoms with E-state index >= 15 is 0 Å². The molecule has 1 aromatic carbocycles. The molecule has 0 saturated carbocycles. The van der Waals surface area contributed by atoms with Gasteiger partial charge in [-0.25, -0.2) is 0 Å². The molecule has 2 rings (SSSR count). The lowest BCUT2D eigenvalue weighted by Gasteiger charge is -2.30. The van der Waals surface area contributed by atoms with Crippen molar-refractivity contribution in [2.45, 2.75) is 45.3 Å². The summed E-state index contributed by atoms with van der Waals surface area (Å²) in [6, 6.07) is 10.4. The second-order valence-corrected chi connectivity index (χ2v) is 6.05. The maximum absolute atomic E-state index is 12.6. The zero-order valence-corrected chi connectivity index (χ0v) is 13.0. The van der Waals surface area contributed by atoms with Crippen LogP contribution in [0.25, 0.3) is 0 Å².